The van der Waals surface area contributed by atoms with Crippen molar-refractivity contribution in [2.24, 2.45) is 0 Å². The van der Waals surface area contributed by atoms with Crippen LogP contribution in [0.5, 0.6) is 5.75 Å². The van der Waals surface area contributed by atoms with Gasteiger partial charge in [-0.05, 0) is 84.3 Å². The molecule has 0 bridgehead atoms. The number of carboxylic acid groups (broad SMARTS) is 1. The van der Waals surface area contributed by atoms with E-state index in [-0.39, 0.29) is 31.0 Å². The van der Waals surface area contributed by atoms with Crippen LogP contribution in [0.2, 0.25) is 5.02 Å². The standard InChI is InChI=1S/C34H29ClF3N3O4/c1-2-45-31-12-10-26(34(36,37)38)19-28(31)29-20-30(25-8-7-24-18-27(35)11-9-23(24)17-25)41(40-29)16-14-21-3-5-22(6-4-21)33(44)39-15-13-32(42)43/h3-12,17-20H,2,13-16H2,1H3,(H,39,44)(H,42,43). The van der Waals surface area contributed by atoms with Crippen molar-refractivity contribution >= 4 is 34.2 Å². The molecule has 11 heteroatoms. The van der Waals surface area contributed by atoms with Gasteiger partial charge in [-0.15, -0.1) is 0 Å². The van der Waals surface area contributed by atoms with Crippen LogP contribution in [-0.4, -0.2) is 39.9 Å². The average Bonchev–Trinajstić information content (AvgIpc) is 3.43. The van der Waals surface area contributed by atoms with Gasteiger partial charge in [-0.25, -0.2) is 0 Å². The highest BCUT2D eigenvalue weighted by atomic mass is 35.5. The van der Waals surface area contributed by atoms with Crippen molar-refractivity contribution in [2.45, 2.75) is 32.5 Å². The fourth-order valence-electron chi connectivity index (χ4n) is 4.96. The molecule has 0 aliphatic rings. The molecule has 0 atom stereocenters. The number of nitrogens with one attached hydrogen (secondary N) is 1. The fourth-order valence-corrected chi connectivity index (χ4v) is 5.14. The Morgan fingerprint density at radius 1 is 0.956 bits per heavy atom. The lowest BCUT2D eigenvalue weighted by molar-refractivity contribution is -0.138. The predicted molar refractivity (Wildman–Crippen MR) is 167 cm³/mol. The number of hydrogen-bond donors (Lipinski definition) is 2. The summed E-state index contributed by atoms with van der Waals surface area (Å²) < 4.78 is 48.5. The first-order valence-corrected chi connectivity index (χ1v) is 14.6. The molecule has 0 saturated carbocycles. The highest BCUT2D eigenvalue weighted by Gasteiger charge is 2.32. The minimum Gasteiger partial charge on any atom is -0.493 e. The van der Waals surface area contributed by atoms with E-state index in [1.807, 2.05) is 30.3 Å². The smallest absolute Gasteiger partial charge is 0.416 e. The molecule has 0 spiro atoms. The second kappa shape index (κ2) is 13.4. The molecule has 1 aromatic heterocycles. The third-order valence-electron chi connectivity index (χ3n) is 7.21. The zero-order valence-electron chi connectivity index (χ0n) is 24.2. The molecule has 0 unspecified atom stereocenters. The molecule has 5 rings (SSSR count). The number of carbonyl (C=O) groups excluding carboxylic acids is 1. The van der Waals surface area contributed by atoms with E-state index >= 15 is 0 Å². The summed E-state index contributed by atoms with van der Waals surface area (Å²) in [5.74, 6) is -1.07. The van der Waals surface area contributed by atoms with Gasteiger partial charge in [0.05, 0.1) is 30.0 Å². The van der Waals surface area contributed by atoms with Crippen LogP contribution in [-0.2, 0) is 23.9 Å². The van der Waals surface area contributed by atoms with E-state index in [0.717, 1.165) is 34.0 Å². The molecule has 0 fully saturated rings. The number of fused-ring (bicyclic) bond motifs is 1. The van der Waals surface area contributed by atoms with Crippen LogP contribution in [0, 0.1) is 0 Å². The van der Waals surface area contributed by atoms with Gasteiger partial charge in [-0.3, -0.25) is 14.3 Å². The largest absolute Gasteiger partial charge is 0.493 e. The Hall–Kier alpha value is -4.83. The second-order valence-corrected chi connectivity index (χ2v) is 10.8. The molecule has 4 aromatic carbocycles. The minimum absolute atomic E-state index is 0.0268. The van der Waals surface area contributed by atoms with Crippen molar-refractivity contribution < 1.29 is 32.6 Å². The Morgan fingerprint density at radius 2 is 1.69 bits per heavy atom. The summed E-state index contributed by atoms with van der Waals surface area (Å²) in [6, 6.07) is 23.5. The van der Waals surface area contributed by atoms with Gasteiger partial charge in [0.2, 0.25) is 0 Å². The number of carboxylic acids is 1. The molecular weight excluding hydrogens is 607 g/mol. The Morgan fingerprint density at radius 3 is 2.40 bits per heavy atom. The molecule has 232 valence electrons. The molecule has 1 heterocycles. The number of aromatic nitrogens is 2. The number of aliphatic carboxylic acids is 1. The number of carbonyl (C=O) groups is 2. The van der Waals surface area contributed by atoms with E-state index in [1.54, 1.807) is 48.0 Å². The molecule has 7 nitrogen and oxygen atoms in total. The van der Waals surface area contributed by atoms with Gasteiger partial charge in [-0.2, -0.15) is 18.3 Å². The van der Waals surface area contributed by atoms with Crippen molar-refractivity contribution in [3.05, 3.63) is 107 Å². The Labute approximate surface area is 262 Å². The number of rotatable bonds is 11. The quantitative estimate of drug-likeness (QED) is 0.154. The van der Waals surface area contributed by atoms with Crippen LogP contribution >= 0.6 is 11.6 Å². The first-order chi connectivity index (χ1) is 21.5. The molecule has 0 radical (unpaired) electrons. The maximum absolute atomic E-state index is 13.7. The first kappa shape index (κ1) is 31.6. The topological polar surface area (TPSA) is 93.5 Å². The minimum atomic E-state index is -4.54. The monoisotopic (exact) mass is 635 g/mol. The second-order valence-electron chi connectivity index (χ2n) is 10.3. The van der Waals surface area contributed by atoms with E-state index in [4.69, 9.17) is 26.5 Å². The number of ether oxygens (including phenoxy) is 1. The number of halogens is 4. The summed E-state index contributed by atoms with van der Waals surface area (Å²) in [6.07, 6.45) is -4.20. The molecule has 5 aromatic rings. The maximum Gasteiger partial charge on any atom is 0.416 e. The number of nitrogens with zero attached hydrogens (tertiary/aromatic N) is 2. The van der Waals surface area contributed by atoms with Gasteiger partial charge in [0, 0.05) is 34.8 Å². The Bertz CT molecular complexity index is 1850. The van der Waals surface area contributed by atoms with E-state index in [0.29, 0.717) is 40.7 Å². The fraction of sp³-hybridized carbons (Fsp3) is 0.206. The Kier molecular flexibility index (Phi) is 9.43. The summed E-state index contributed by atoms with van der Waals surface area (Å²) in [5.41, 5.74) is 2.60. The third-order valence-corrected chi connectivity index (χ3v) is 7.45. The van der Waals surface area contributed by atoms with Crippen LogP contribution < -0.4 is 10.1 Å². The average molecular weight is 636 g/mol. The summed E-state index contributed by atoms with van der Waals surface area (Å²) in [7, 11) is 0. The molecule has 45 heavy (non-hydrogen) atoms. The number of hydrogen-bond acceptors (Lipinski definition) is 4. The molecule has 2 N–H and O–H groups in total. The van der Waals surface area contributed by atoms with Gasteiger partial charge in [-0.1, -0.05) is 41.9 Å². The Balaban J connectivity index is 1.48. The van der Waals surface area contributed by atoms with Crippen molar-refractivity contribution in [1.29, 1.82) is 0 Å². The molecule has 0 aliphatic heterocycles. The van der Waals surface area contributed by atoms with Crippen molar-refractivity contribution in [1.82, 2.24) is 15.1 Å². The first-order valence-electron chi connectivity index (χ1n) is 14.2. The van der Waals surface area contributed by atoms with Crippen LogP contribution in [0.1, 0.15) is 34.8 Å². The van der Waals surface area contributed by atoms with E-state index in [9.17, 15) is 22.8 Å². The molecule has 1 amide bonds. The van der Waals surface area contributed by atoms with Gasteiger partial charge < -0.3 is 15.2 Å². The molecular formula is C34H29ClF3N3O4. The number of alkyl halides is 3. The molecule has 0 saturated heterocycles. The highest BCUT2D eigenvalue weighted by molar-refractivity contribution is 6.31. The number of amides is 1. The SMILES string of the molecule is CCOc1ccc(C(F)(F)F)cc1-c1cc(-c2ccc3cc(Cl)ccc3c2)n(CCc2ccc(C(=O)NCCC(=O)O)cc2)n1. The summed E-state index contributed by atoms with van der Waals surface area (Å²) in [5, 5.41) is 18.6. The van der Waals surface area contributed by atoms with Gasteiger partial charge in [0.25, 0.3) is 5.91 Å². The normalized spacial score (nSPS) is 11.5. The van der Waals surface area contributed by atoms with Gasteiger partial charge >= 0.3 is 12.1 Å². The number of aryl methyl sites for hydroxylation is 2. The van der Waals surface area contributed by atoms with Crippen molar-refractivity contribution in [2.75, 3.05) is 13.2 Å². The van der Waals surface area contributed by atoms with E-state index in [2.05, 4.69) is 5.32 Å². The number of benzene rings is 4. The zero-order chi connectivity index (χ0) is 32.1. The van der Waals surface area contributed by atoms with Crippen LogP contribution in [0.25, 0.3) is 33.3 Å². The van der Waals surface area contributed by atoms with Gasteiger partial charge in [0.15, 0.2) is 0 Å². The zero-order valence-corrected chi connectivity index (χ0v) is 25.0. The maximum atomic E-state index is 13.7. The predicted octanol–water partition coefficient (Wildman–Crippen LogP) is 7.89. The van der Waals surface area contributed by atoms with Crippen LogP contribution in [0.15, 0.2) is 84.9 Å². The van der Waals surface area contributed by atoms with E-state index < -0.39 is 17.7 Å². The van der Waals surface area contributed by atoms with Crippen LogP contribution in [0.4, 0.5) is 13.2 Å². The lowest BCUT2D eigenvalue weighted by atomic mass is 10.0. The van der Waals surface area contributed by atoms with Gasteiger partial charge in [0.1, 0.15) is 5.75 Å². The summed E-state index contributed by atoms with van der Waals surface area (Å²) >= 11 is 6.17. The summed E-state index contributed by atoms with van der Waals surface area (Å²) in [6.45, 7) is 2.45. The lowest BCUT2D eigenvalue weighted by Crippen LogP contribution is -2.25. The van der Waals surface area contributed by atoms with Crippen molar-refractivity contribution in [3.8, 4) is 28.3 Å². The third kappa shape index (κ3) is 7.64. The summed E-state index contributed by atoms with van der Waals surface area (Å²) in [4.78, 5) is 23.0. The van der Waals surface area contributed by atoms with Crippen LogP contribution in [0.3, 0.4) is 0 Å². The highest BCUT2D eigenvalue weighted by Crippen LogP contribution is 2.38. The van der Waals surface area contributed by atoms with E-state index in [1.165, 1.54) is 6.07 Å². The lowest BCUT2D eigenvalue weighted by Gasteiger charge is -2.12. The van der Waals surface area contributed by atoms with Crippen molar-refractivity contribution in [3.63, 3.8) is 0 Å². The molecule has 0 aliphatic carbocycles.